The molecule has 1 aromatic carbocycles. The number of carbonyl (C=O) groups is 2. The molecule has 2 amide bonds. The van der Waals surface area contributed by atoms with Gasteiger partial charge in [0.15, 0.2) is 0 Å². The maximum Gasteiger partial charge on any atom is 0.408 e. The highest BCUT2D eigenvalue weighted by atomic mass is 16.6. The first-order valence-corrected chi connectivity index (χ1v) is 8.05. The third-order valence-electron chi connectivity index (χ3n) is 3.43. The second-order valence-electron chi connectivity index (χ2n) is 6.66. The van der Waals surface area contributed by atoms with E-state index in [2.05, 4.69) is 10.6 Å². The minimum Gasteiger partial charge on any atom is -0.444 e. The highest BCUT2D eigenvalue weighted by Crippen LogP contribution is 2.14. The van der Waals surface area contributed by atoms with Crippen molar-refractivity contribution >= 4 is 12.0 Å². The van der Waals surface area contributed by atoms with E-state index in [1.165, 1.54) is 0 Å². The Hall–Kier alpha value is -2.04. The van der Waals surface area contributed by atoms with Crippen LogP contribution in [-0.4, -0.2) is 24.1 Å². The summed E-state index contributed by atoms with van der Waals surface area (Å²) in [6.07, 6.45) is 0.283. The van der Waals surface area contributed by atoms with E-state index < -0.39 is 11.7 Å². The van der Waals surface area contributed by atoms with Crippen LogP contribution in [0.4, 0.5) is 4.79 Å². The van der Waals surface area contributed by atoms with Crippen molar-refractivity contribution in [1.82, 2.24) is 10.6 Å². The molecule has 0 saturated heterocycles. The summed E-state index contributed by atoms with van der Waals surface area (Å²) in [5.74, 6) is -0.0626. The number of hydrogen-bond donors (Lipinski definition) is 2. The highest BCUT2D eigenvalue weighted by molar-refractivity contribution is 5.78. The van der Waals surface area contributed by atoms with Crippen LogP contribution >= 0.6 is 0 Å². The standard InChI is InChI=1S/C18H28N2O3/c1-6-13(2)16(21)19-12-15(14-10-8-7-9-11-14)20-17(22)23-18(3,4)5/h7-11,13,15H,6,12H2,1-5H3,(H,19,21)(H,20,22)/t13-,15-/m0/s1. The van der Waals surface area contributed by atoms with Gasteiger partial charge in [0.1, 0.15) is 5.60 Å². The molecule has 128 valence electrons. The predicted molar refractivity (Wildman–Crippen MR) is 91.0 cm³/mol. The molecule has 0 heterocycles. The van der Waals surface area contributed by atoms with Crippen LogP contribution in [0.1, 0.15) is 52.6 Å². The van der Waals surface area contributed by atoms with Crippen molar-refractivity contribution in [2.24, 2.45) is 5.92 Å². The average Bonchev–Trinajstić information content (AvgIpc) is 2.49. The molecule has 0 spiro atoms. The lowest BCUT2D eigenvalue weighted by Crippen LogP contribution is -2.41. The number of rotatable bonds is 6. The summed E-state index contributed by atoms with van der Waals surface area (Å²) in [6, 6.07) is 9.20. The number of nitrogens with one attached hydrogen (secondary N) is 2. The van der Waals surface area contributed by atoms with Crippen molar-refractivity contribution in [2.75, 3.05) is 6.54 Å². The van der Waals surface area contributed by atoms with Crippen molar-refractivity contribution in [3.63, 3.8) is 0 Å². The summed E-state index contributed by atoms with van der Waals surface area (Å²) in [5.41, 5.74) is 0.355. The topological polar surface area (TPSA) is 67.4 Å². The molecule has 0 unspecified atom stereocenters. The van der Waals surface area contributed by atoms with Crippen LogP contribution in [0.15, 0.2) is 30.3 Å². The molecule has 5 nitrogen and oxygen atoms in total. The number of carbonyl (C=O) groups excluding carboxylic acids is 2. The number of amides is 2. The van der Waals surface area contributed by atoms with Gasteiger partial charge in [0.05, 0.1) is 6.04 Å². The maximum atomic E-state index is 12.0. The van der Waals surface area contributed by atoms with Crippen LogP contribution in [0.5, 0.6) is 0 Å². The first-order valence-electron chi connectivity index (χ1n) is 8.05. The zero-order valence-electron chi connectivity index (χ0n) is 14.7. The molecule has 2 N–H and O–H groups in total. The van der Waals surface area contributed by atoms with Gasteiger partial charge in [-0.1, -0.05) is 44.2 Å². The van der Waals surface area contributed by atoms with Crippen molar-refractivity contribution < 1.29 is 14.3 Å². The Morgan fingerprint density at radius 3 is 2.30 bits per heavy atom. The zero-order valence-corrected chi connectivity index (χ0v) is 14.7. The van der Waals surface area contributed by atoms with E-state index in [9.17, 15) is 9.59 Å². The predicted octanol–water partition coefficient (Wildman–Crippen LogP) is 3.41. The Morgan fingerprint density at radius 2 is 1.78 bits per heavy atom. The minimum absolute atomic E-state index is 0.0144. The lowest BCUT2D eigenvalue weighted by molar-refractivity contribution is -0.124. The van der Waals surface area contributed by atoms with Gasteiger partial charge in [-0.3, -0.25) is 4.79 Å². The summed E-state index contributed by atoms with van der Waals surface area (Å²) < 4.78 is 5.30. The lowest BCUT2D eigenvalue weighted by Gasteiger charge is -2.24. The van der Waals surface area contributed by atoms with Gasteiger partial charge in [0.2, 0.25) is 5.91 Å². The third-order valence-corrected chi connectivity index (χ3v) is 3.43. The minimum atomic E-state index is -0.564. The molecule has 0 fully saturated rings. The van der Waals surface area contributed by atoms with Crippen LogP contribution in [0.3, 0.4) is 0 Å². The van der Waals surface area contributed by atoms with Gasteiger partial charge < -0.3 is 15.4 Å². The SMILES string of the molecule is CC[C@H](C)C(=O)NC[C@H](NC(=O)OC(C)(C)C)c1ccccc1. The fourth-order valence-corrected chi connectivity index (χ4v) is 1.95. The monoisotopic (exact) mass is 320 g/mol. The summed E-state index contributed by atoms with van der Waals surface area (Å²) >= 11 is 0. The Morgan fingerprint density at radius 1 is 1.17 bits per heavy atom. The molecule has 1 rings (SSSR count). The quantitative estimate of drug-likeness (QED) is 0.844. The number of ether oxygens (including phenoxy) is 1. The summed E-state index contributed by atoms with van der Waals surface area (Å²) in [7, 11) is 0. The van der Waals surface area contributed by atoms with Gasteiger partial charge in [-0.15, -0.1) is 0 Å². The molecular weight excluding hydrogens is 292 g/mol. The van der Waals surface area contributed by atoms with Gasteiger partial charge in [-0.05, 0) is 32.8 Å². The van der Waals surface area contributed by atoms with Crippen molar-refractivity contribution in [1.29, 1.82) is 0 Å². The Labute approximate surface area is 138 Å². The summed E-state index contributed by atoms with van der Waals surface area (Å²) in [5, 5.41) is 5.72. The summed E-state index contributed by atoms with van der Waals surface area (Å²) in [6.45, 7) is 9.62. The van der Waals surface area contributed by atoms with Gasteiger partial charge in [-0.2, -0.15) is 0 Å². The van der Waals surface area contributed by atoms with Crippen LogP contribution in [0, 0.1) is 5.92 Å². The van der Waals surface area contributed by atoms with Gasteiger partial charge in [0.25, 0.3) is 0 Å². The van der Waals surface area contributed by atoms with Gasteiger partial charge >= 0.3 is 6.09 Å². The van der Waals surface area contributed by atoms with Gasteiger partial charge in [-0.25, -0.2) is 4.79 Å². The van der Waals surface area contributed by atoms with E-state index in [0.717, 1.165) is 12.0 Å². The van der Waals surface area contributed by atoms with E-state index in [4.69, 9.17) is 4.74 Å². The highest BCUT2D eigenvalue weighted by Gasteiger charge is 2.21. The molecule has 0 saturated carbocycles. The number of benzene rings is 1. The second kappa shape index (κ2) is 8.56. The molecule has 2 atom stereocenters. The smallest absolute Gasteiger partial charge is 0.408 e. The van der Waals surface area contributed by atoms with Crippen LogP contribution in [-0.2, 0) is 9.53 Å². The maximum absolute atomic E-state index is 12.0. The fourth-order valence-electron chi connectivity index (χ4n) is 1.95. The molecule has 0 radical (unpaired) electrons. The normalized spacial score (nSPS) is 13.8. The molecular formula is C18H28N2O3. The van der Waals surface area contributed by atoms with Crippen molar-refractivity contribution in [3.8, 4) is 0 Å². The lowest BCUT2D eigenvalue weighted by atomic mass is 10.1. The van der Waals surface area contributed by atoms with Crippen molar-refractivity contribution in [3.05, 3.63) is 35.9 Å². The molecule has 0 aliphatic heterocycles. The van der Waals surface area contributed by atoms with E-state index in [1.54, 1.807) is 0 Å². The summed E-state index contributed by atoms with van der Waals surface area (Å²) in [4.78, 5) is 24.0. The fraction of sp³-hybridized carbons (Fsp3) is 0.556. The average molecular weight is 320 g/mol. The third kappa shape index (κ3) is 7.17. The number of alkyl carbamates (subject to hydrolysis) is 1. The van der Waals surface area contributed by atoms with E-state index in [0.29, 0.717) is 6.54 Å². The van der Waals surface area contributed by atoms with E-state index in [-0.39, 0.29) is 17.9 Å². The van der Waals surface area contributed by atoms with Crippen molar-refractivity contribution in [2.45, 2.75) is 52.7 Å². The van der Waals surface area contributed by atoms with Gasteiger partial charge in [0, 0.05) is 12.5 Å². The van der Waals surface area contributed by atoms with E-state index in [1.807, 2.05) is 65.0 Å². The van der Waals surface area contributed by atoms with E-state index >= 15 is 0 Å². The van der Waals surface area contributed by atoms with Crippen LogP contribution in [0.25, 0.3) is 0 Å². The molecule has 23 heavy (non-hydrogen) atoms. The second-order valence-corrected chi connectivity index (χ2v) is 6.66. The molecule has 0 aromatic heterocycles. The Bertz CT molecular complexity index is 509. The number of hydrogen-bond acceptors (Lipinski definition) is 3. The first-order chi connectivity index (χ1) is 10.7. The van der Waals surface area contributed by atoms with Crippen LogP contribution in [0.2, 0.25) is 0 Å². The molecule has 0 aliphatic rings. The Balaban J connectivity index is 2.75. The molecule has 5 heteroatoms. The molecule has 1 aromatic rings. The molecule has 0 aliphatic carbocycles. The Kier molecular flexibility index (Phi) is 7.07. The largest absolute Gasteiger partial charge is 0.444 e. The molecule has 0 bridgehead atoms. The van der Waals surface area contributed by atoms with Crippen LogP contribution < -0.4 is 10.6 Å². The zero-order chi connectivity index (χ0) is 17.5. The first kappa shape index (κ1) is 19.0.